The summed E-state index contributed by atoms with van der Waals surface area (Å²) in [6, 6.07) is 3.38. The van der Waals surface area contributed by atoms with Gasteiger partial charge in [0.1, 0.15) is 11.6 Å². The van der Waals surface area contributed by atoms with Crippen molar-refractivity contribution in [2.75, 3.05) is 23.3 Å². The molecular formula is C22H23ClF2N6O. The Bertz CT molecular complexity index is 1130. The maximum Gasteiger partial charge on any atom is 0.278 e. The summed E-state index contributed by atoms with van der Waals surface area (Å²) in [6.45, 7) is 2.90. The quantitative estimate of drug-likeness (QED) is 0.515. The van der Waals surface area contributed by atoms with Gasteiger partial charge in [0.2, 0.25) is 0 Å². The fourth-order valence-corrected chi connectivity index (χ4v) is 4.91. The number of fused-ring (bicyclic) bond motifs is 1. The van der Waals surface area contributed by atoms with Crippen LogP contribution in [0.3, 0.4) is 0 Å². The molecule has 2 aromatic heterocycles. The van der Waals surface area contributed by atoms with Crippen LogP contribution in [0.1, 0.15) is 62.4 Å². The molecule has 0 saturated heterocycles. The molecule has 0 amide bonds. The Labute approximate surface area is 189 Å². The molecule has 0 bridgehead atoms. The van der Waals surface area contributed by atoms with E-state index in [1.807, 2.05) is 4.90 Å². The van der Waals surface area contributed by atoms with E-state index in [9.17, 15) is 8.78 Å². The largest absolute Gasteiger partial charge is 0.365 e. The zero-order valence-electron chi connectivity index (χ0n) is 17.6. The first-order valence-corrected chi connectivity index (χ1v) is 11.3. The summed E-state index contributed by atoms with van der Waals surface area (Å²) in [5.74, 6) is 0.653. The van der Waals surface area contributed by atoms with Gasteiger partial charge < -0.3 is 14.7 Å². The zero-order chi connectivity index (χ0) is 22.2. The van der Waals surface area contributed by atoms with Crippen LogP contribution in [0.2, 0.25) is 5.02 Å². The molecule has 5 rings (SSSR count). The molecule has 1 unspecified atom stereocenters. The minimum absolute atomic E-state index is 0.107. The lowest BCUT2D eigenvalue weighted by molar-refractivity contribution is 0.384. The van der Waals surface area contributed by atoms with Gasteiger partial charge in [-0.2, -0.15) is 4.98 Å². The SMILES string of the molecule is CC(c1c(F)ccc(F)c1Cl)N1CCNc2nnc(-c3nc(C4CCCCC4)no3)cc21. The van der Waals surface area contributed by atoms with Crippen molar-refractivity contribution in [1.29, 1.82) is 0 Å². The minimum atomic E-state index is -0.653. The van der Waals surface area contributed by atoms with E-state index >= 15 is 0 Å². The number of aromatic nitrogens is 4. The summed E-state index contributed by atoms with van der Waals surface area (Å²) < 4.78 is 34.1. The molecule has 1 aromatic carbocycles. The molecule has 10 heteroatoms. The first kappa shape index (κ1) is 21.1. The maximum absolute atomic E-state index is 14.6. The molecule has 1 atom stereocenters. The number of anilines is 2. The Balaban J connectivity index is 1.48. The second-order valence-corrected chi connectivity index (χ2v) is 8.69. The van der Waals surface area contributed by atoms with Gasteiger partial charge in [-0.25, -0.2) is 8.78 Å². The third-order valence-corrected chi connectivity index (χ3v) is 6.71. The van der Waals surface area contributed by atoms with E-state index in [1.165, 1.54) is 19.3 Å². The smallest absolute Gasteiger partial charge is 0.278 e. The van der Waals surface area contributed by atoms with E-state index in [0.29, 0.717) is 47.9 Å². The second-order valence-electron chi connectivity index (χ2n) is 8.31. The third kappa shape index (κ3) is 3.79. The average molecular weight is 461 g/mol. The van der Waals surface area contributed by atoms with E-state index < -0.39 is 17.7 Å². The highest BCUT2D eigenvalue weighted by Crippen LogP contribution is 2.39. The van der Waals surface area contributed by atoms with Crippen molar-refractivity contribution >= 4 is 23.1 Å². The van der Waals surface area contributed by atoms with Crippen molar-refractivity contribution in [2.45, 2.75) is 51.0 Å². The highest BCUT2D eigenvalue weighted by atomic mass is 35.5. The molecule has 168 valence electrons. The van der Waals surface area contributed by atoms with Crippen LogP contribution < -0.4 is 10.2 Å². The van der Waals surface area contributed by atoms with Crippen LogP contribution in [-0.2, 0) is 0 Å². The highest BCUT2D eigenvalue weighted by Gasteiger charge is 2.29. The summed E-state index contributed by atoms with van der Waals surface area (Å²) >= 11 is 6.12. The van der Waals surface area contributed by atoms with Crippen LogP contribution in [-0.4, -0.2) is 33.4 Å². The maximum atomic E-state index is 14.6. The fraction of sp³-hybridized carbons (Fsp3) is 0.455. The number of rotatable bonds is 4. The van der Waals surface area contributed by atoms with Crippen LogP contribution in [0, 0.1) is 11.6 Å². The van der Waals surface area contributed by atoms with Gasteiger partial charge in [0, 0.05) is 24.6 Å². The summed E-state index contributed by atoms with van der Waals surface area (Å²) in [7, 11) is 0. The van der Waals surface area contributed by atoms with Crippen molar-refractivity contribution in [3.63, 3.8) is 0 Å². The molecule has 1 saturated carbocycles. The van der Waals surface area contributed by atoms with E-state index in [2.05, 4.69) is 25.7 Å². The van der Waals surface area contributed by atoms with Crippen molar-refractivity contribution < 1.29 is 13.3 Å². The van der Waals surface area contributed by atoms with Crippen LogP contribution in [0.5, 0.6) is 0 Å². The monoisotopic (exact) mass is 460 g/mol. The minimum Gasteiger partial charge on any atom is -0.365 e. The molecule has 0 spiro atoms. The van der Waals surface area contributed by atoms with Gasteiger partial charge in [-0.05, 0) is 38.0 Å². The van der Waals surface area contributed by atoms with Crippen LogP contribution >= 0.6 is 11.6 Å². The number of halogens is 3. The van der Waals surface area contributed by atoms with Crippen LogP contribution in [0.15, 0.2) is 22.7 Å². The Hall–Kier alpha value is -2.81. The van der Waals surface area contributed by atoms with Gasteiger partial charge in [-0.15, -0.1) is 10.2 Å². The standard InChI is InChI=1S/C22H23ClF2N6O/c1-12(18-14(24)7-8-15(25)19(18)23)31-10-9-26-21-17(31)11-16(28-29-21)22-27-20(30-32-22)13-5-3-2-4-6-13/h7-8,11-13H,2-6,9-10H2,1H3,(H,26,29). The number of hydrogen-bond donors (Lipinski definition) is 1. The number of nitrogens with zero attached hydrogens (tertiary/aromatic N) is 5. The van der Waals surface area contributed by atoms with E-state index in [-0.39, 0.29) is 10.6 Å². The molecule has 2 aliphatic rings. The van der Waals surface area contributed by atoms with Crippen molar-refractivity contribution in [1.82, 2.24) is 20.3 Å². The Morgan fingerprint density at radius 1 is 1.16 bits per heavy atom. The summed E-state index contributed by atoms with van der Waals surface area (Å²) in [5, 5.41) is 15.7. The van der Waals surface area contributed by atoms with Gasteiger partial charge in [0.05, 0.1) is 16.8 Å². The molecule has 3 aromatic rings. The van der Waals surface area contributed by atoms with E-state index in [1.54, 1.807) is 13.0 Å². The van der Waals surface area contributed by atoms with E-state index in [4.69, 9.17) is 16.1 Å². The molecule has 1 aliphatic heterocycles. The molecule has 0 radical (unpaired) electrons. The zero-order valence-corrected chi connectivity index (χ0v) is 18.4. The lowest BCUT2D eigenvalue weighted by Crippen LogP contribution is -2.37. The topological polar surface area (TPSA) is 80.0 Å². The molecule has 32 heavy (non-hydrogen) atoms. The lowest BCUT2D eigenvalue weighted by atomic mass is 9.89. The molecule has 1 N–H and O–H groups in total. The highest BCUT2D eigenvalue weighted by molar-refractivity contribution is 6.31. The van der Waals surface area contributed by atoms with Crippen LogP contribution in [0.4, 0.5) is 20.3 Å². The number of nitrogens with one attached hydrogen (secondary N) is 1. The molecule has 1 fully saturated rings. The number of benzene rings is 1. The predicted octanol–water partition coefficient (Wildman–Crippen LogP) is 5.50. The fourth-order valence-electron chi connectivity index (χ4n) is 4.60. The molecule has 3 heterocycles. The van der Waals surface area contributed by atoms with Crippen molar-refractivity contribution in [3.8, 4) is 11.6 Å². The summed E-state index contributed by atoms with van der Waals surface area (Å²) in [6.07, 6.45) is 5.71. The van der Waals surface area contributed by atoms with Crippen LogP contribution in [0.25, 0.3) is 11.6 Å². The van der Waals surface area contributed by atoms with E-state index in [0.717, 1.165) is 25.0 Å². The molecule has 7 nitrogen and oxygen atoms in total. The second kappa shape index (κ2) is 8.61. The lowest BCUT2D eigenvalue weighted by Gasteiger charge is -2.36. The first-order valence-electron chi connectivity index (χ1n) is 10.9. The van der Waals surface area contributed by atoms with Crippen molar-refractivity contribution in [2.24, 2.45) is 0 Å². The third-order valence-electron chi connectivity index (χ3n) is 6.32. The van der Waals surface area contributed by atoms with Gasteiger partial charge >= 0.3 is 0 Å². The Kier molecular flexibility index (Phi) is 5.67. The first-order chi connectivity index (χ1) is 15.5. The molecular weight excluding hydrogens is 438 g/mol. The summed E-state index contributed by atoms with van der Waals surface area (Å²) in [4.78, 5) is 6.49. The number of hydrogen-bond acceptors (Lipinski definition) is 7. The van der Waals surface area contributed by atoms with Crippen molar-refractivity contribution in [3.05, 3.63) is 46.2 Å². The van der Waals surface area contributed by atoms with Gasteiger partial charge in [0.15, 0.2) is 17.3 Å². The van der Waals surface area contributed by atoms with Gasteiger partial charge in [-0.1, -0.05) is 36.0 Å². The molecule has 1 aliphatic carbocycles. The Morgan fingerprint density at radius 2 is 1.94 bits per heavy atom. The summed E-state index contributed by atoms with van der Waals surface area (Å²) in [5.41, 5.74) is 1.23. The van der Waals surface area contributed by atoms with Gasteiger partial charge in [0.25, 0.3) is 5.89 Å². The average Bonchev–Trinajstić information content (AvgIpc) is 3.32. The normalized spacial score (nSPS) is 17.7. The Morgan fingerprint density at radius 3 is 2.75 bits per heavy atom. The van der Waals surface area contributed by atoms with Gasteiger partial charge in [-0.3, -0.25) is 0 Å². The predicted molar refractivity (Wildman–Crippen MR) is 117 cm³/mol.